The molecular weight excluding hydrogens is 568 g/mol. The summed E-state index contributed by atoms with van der Waals surface area (Å²) in [4.78, 5) is 23.9. The van der Waals surface area contributed by atoms with Gasteiger partial charge in [0.15, 0.2) is 11.6 Å². The topological polar surface area (TPSA) is 112 Å². The Bertz CT molecular complexity index is 1710. The summed E-state index contributed by atoms with van der Waals surface area (Å²) in [5.41, 5.74) is 1.53. The van der Waals surface area contributed by atoms with Crippen LogP contribution in [-0.4, -0.2) is 78.0 Å². The molecule has 0 aliphatic carbocycles. The molecule has 38 heavy (non-hydrogen) atoms. The molecule has 4 heterocycles. The number of nitrogens with one attached hydrogen (secondary N) is 1. The van der Waals surface area contributed by atoms with Crippen LogP contribution in [0.15, 0.2) is 92.7 Å². The number of nitrogens with zero attached hydrogens (tertiary/aromatic N) is 7. The van der Waals surface area contributed by atoms with Crippen molar-refractivity contribution in [3.05, 3.63) is 77.8 Å². The second-order valence-electron chi connectivity index (χ2n) is 8.67. The van der Waals surface area contributed by atoms with E-state index in [1.54, 1.807) is 60.2 Å². The maximum absolute atomic E-state index is 12.8. The summed E-state index contributed by atoms with van der Waals surface area (Å²) in [6, 6.07) is 14.0. The highest BCUT2D eigenvalue weighted by atomic mass is 79.9. The fourth-order valence-electron chi connectivity index (χ4n) is 3.38. The first-order chi connectivity index (χ1) is 18.1. The fourth-order valence-corrected chi connectivity index (χ4v) is 5.42. The lowest BCUT2D eigenvalue weighted by atomic mass is 10.3. The van der Waals surface area contributed by atoms with E-state index in [9.17, 15) is 8.42 Å². The summed E-state index contributed by atoms with van der Waals surface area (Å²) in [5, 5.41) is 1.86. The Morgan fingerprint density at radius 3 is 2.21 bits per heavy atom. The van der Waals surface area contributed by atoms with Crippen molar-refractivity contribution < 1.29 is 8.42 Å². The largest absolute Gasteiger partial charge is 0.369 e. The molecule has 0 aliphatic rings. The van der Waals surface area contributed by atoms with Crippen LogP contribution in [0, 0.1) is 0 Å². The quantitative estimate of drug-likeness (QED) is 0.218. The van der Waals surface area contributed by atoms with Crippen LogP contribution in [-0.2, 0) is 10.0 Å². The molecular formula is C26H27BrN8O2S. The molecule has 12 heteroatoms. The number of hydrogen-bond acceptors (Lipinski definition) is 6. The molecule has 0 atom stereocenters. The molecule has 0 radical (unpaired) electrons. The predicted octanol–water partition coefficient (Wildman–Crippen LogP) is 5.04. The highest BCUT2D eigenvalue weighted by Crippen LogP contribution is 2.31. The van der Waals surface area contributed by atoms with Crippen LogP contribution < -0.4 is 0 Å². The summed E-state index contributed by atoms with van der Waals surface area (Å²) >= 11 is 3.42. The lowest BCUT2D eigenvalue weighted by molar-refractivity contribution is 0.589. The van der Waals surface area contributed by atoms with Gasteiger partial charge >= 0.3 is 0 Å². The zero-order chi connectivity index (χ0) is 27.3. The molecule has 0 unspecified atom stereocenters. The molecule has 1 aromatic carbocycles. The van der Waals surface area contributed by atoms with E-state index in [-0.39, 0.29) is 4.90 Å². The zero-order valence-electron chi connectivity index (χ0n) is 21.3. The molecule has 0 spiro atoms. The summed E-state index contributed by atoms with van der Waals surface area (Å²) < 4.78 is 27.6. The van der Waals surface area contributed by atoms with Crippen molar-refractivity contribution in [1.82, 2.24) is 28.7 Å². The van der Waals surface area contributed by atoms with E-state index in [1.807, 2.05) is 51.4 Å². The van der Waals surface area contributed by atoms with Gasteiger partial charge in [0.1, 0.15) is 0 Å². The molecule has 1 N–H and O–H groups in total. The van der Waals surface area contributed by atoms with Crippen molar-refractivity contribution >= 4 is 72.1 Å². The van der Waals surface area contributed by atoms with Crippen molar-refractivity contribution in [2.45, 2.75) is 4.90 Å². The number of pyridine rings is 2. The van der Waals surface area contributed by atoms with Crippen molar-refractivity contribution in [3.8, 4) is 0 Å². The molecule has 0 fully saturated rings. The van der Waals surface area contributed by atoms with Gasteiger partial charge < -0.3 is 14.8 Å². The summed E-state index contributed by atoms with van der Waals surface area (Å²) in [6.45, 7) is 0. The van der Waals surface area contributed by atoms with Gasteiger partial charge in [-0.3, -0.25) is 0 Å². The second-order valence-corrected chi connectivity index (χ2v) is 11.3. The van der Waals surface area contributed by atoms with Crippen LogP contribution in [0.3, 0.4) is 0 Å². The van der Waals surface area contributed by atoms with Crippen LogP contribution in [0.2, 0.25) is 0 Å². The molecule has 0 bridgehead atoms. The number of halogens is 1. The van der Waals surface area contributed by atoms with Gasteiger partial charge in [-0.05, 0) is 46.3 Å². The van der Waals surface area contributed by atoms with Crippen molar-refractivity contribution in [3.63, 3.8) is 0 Å². The van der Waals surface area contributed by atoms with Crippen LogP contribution in [0.5, 0.6) is 0 Å². The first-order valence-corrected chi connectivity index (χ1v) is 13.7. The number of benzene rings is 1. The molecule has 196 valence electrons. The Kier molecular flexibility index (Phi) is 8.23. The van der Waals surface area contributed by atoms with Crippen LogP contribution in [0.1, 0.15) is 0 Å². The molecule has 5 aromatic rings. The normalized spacial score (nSPS) is 11.8. The van der Waals surface area contributed by atoms with Gasteiger partial charge in [-0.25, -0.2) is 32.3 Å². The number of rotatable bonds is 6. The monoisotopic (exact) mass is 594 g/mol. The van der Waals surface area contributed by atoms with Gasteiger partial charge in [0.05, 0.1) is 41.0 Å². The Morgan fingerprint density at radius 2 is 1.55 bits per heavy atom. The molecule has 10 nitrogen and oxygen atoms in total. The van der Waals surface area contributed by atoms with Gasteiger partial charge in [0, 0.05) is 55.8 Å². The van der Waals surface area contributed by atoms with Crippen molar-refractivity contribution in [2.24, 2.45) is 9.98 Å². The first kappa shape index (κ1) is 27.0. The van der Waals surface area contributed by atoms with Crippen LogP contribution in [0.25, 0.3) is 21.8 Å². The zero-order valence-corrected chi connectivity index (χ0v) is 23.7. The summed E-state index contributed by atoms with van der Waals surface area (Å²) in [6.07, 6.45) is 10.1. The molecule has 0 saturated heterocycles. The third-order valence-corrected chi connectivity index (χ3v) is 7.48. The van der Waals surface area contributed by atoms with Crippen LogP contribution in [0.4, 0.5) is 11.6 Å². The van der Waals surface area contributed by atoms with Gasteiger partial charge in [-0.15, -0.1) is 0 Å². The van der Waals surface area contributed by atoms with Gasteiger partial charge in [-0.1, -0.05) is 18.2 Å². The van der Waals surface area contributed by atoms with E-state index in [0.29, 0.717) is 15.8 Å². The third-order valence-electron chi connectivity index (χ3n) is 5.16. The average Bonchev–Trinajstić information content (AvgIpc) is 3.51. The van der Waals surface area contributed by atoms with Crippen LogP contribution >= 0.6 is 15.9 Å². The van der Waals surface area contributed by atoms with Gasteiger partial charge in [0.25, 0.3) is 10.0 Å². The van der Waals surface area contributed by atoms with Gasteiger partial charge in [-0.2, -0.15) is 0 Å². The molecule has 0 amide bonds. The molecule has 0 aliphatic heterocycles. The lowest BCUT2D eigenvalue weighted by Crippen LogP contribution is -2.11. The van der Waals surface area contributed by atoms with E-state index in [2.05, 4.69) is 40.9 Å². The van der Waals surface area contributed by atoms with Gasteiger partial charge in [0.2, 0.25) is 0 Å². The predicted molar refractivity (Wildman–Crippen MR) is 156 cm³/mol. The first-order valence-electron chi connectivity index (χ1n) is 11.5. The Labute approximate surface area is 229 Å². The molecule has 0 saturated carbocycles. The van der Waals surface area contributed by atoms with E-state index in [4.69, 9.17) is 0 Å². The number of aliphatic imine (C=N–C) groups is 2. The van der Waals surface area contributed by atoms with Crippen molar-refractivity contribution in [2.75, 3.05) is 28.2 Å². The highest BCUT2D eigenvalue weighted by molar-refractivity contribution is 9.10. The minimum Gasteiger partial charge on any atom is -0.369 e. The maximum Gasteiger partial charge on any atom is 0.268 e. The highest BCUT2D eigenvalue weighted by Gasteiger charge is 2.21. The average molecular weight is 596 g/mol. The fraction of sp³-hybridized carbons (Fsp3) is 0.154. The van der Waals surface area contributed by atoms with E-state index >= 15 is 0 Å². The Morgan fingerprint density at radius 1 is 0.921 bits per heavy atom. The second kappa shape index (κ2) is 11.6. The van der Waals surface area contributed by atoms with E-state index < -0.39 is 10.0 Å². The number of aromatic nitrogens is 4. The lowest BCUT2D eigenvalue weighted by Gasteiger charge is -2.07. The van der Waals surface area contributed by atoms with E-state index in [1.165, 1.54) is 16.4 Å². The summed E-state index contributed by atoms with van der Waals surface area (Å²) in [7, 11) is 3.90. The standard InChI is InChI=1S/C16H15BrN4O2S.C10H12N4/c1-20(2)11-19-16-8-13-14(17)10-21(15(13)9-18-16)24(22,23)12-6-4-3-5-7-12;1-14(2)7-13-10-5-8-3-4-11-9(8)6-12-10/h3-11H,1-2H3;3-7,11H,1-2H3. The summed E-state index contributed by atoms with van der Waals surface area (Å²) in [5.74, 6) is 1.23. The number of aromatic amines is 1. The smallest absolute Gasteiger partial charge is 0.268 e. The maximum atomic E-state index is 12.8. The third kappa shape index (κ3) is 6.26. The Hall–Kier alpha value is -4.03. The molecule has 5 rings (SSSR count). The molecule has 4 aromatic heterocycles. The number of fused-ring (bicyclic) bond motifs is 2. The Balaban J connectivity index is 0.000000204. The minimum atomic E-state index is -3.68. The SMILES string of the molecule is CN(C)C=Nc1cc2c(Br)cn(S(=O)(=O)c3ccccc3)c2cn1.CN(C)C=Nc1cc2cc[nH]c2cn1. The minimum absolute atomic E-state index is 0.226. The van der Waals surface area contributed by atoms with E-state index in [0.717, 1.165) is 22.1 Å². The number of hydrogen-bond donors (Lipinski definition) is 1. The van der Waals surface area contributed by atoms with Crippen molar-refractivity contribution in [1.29, 1.82) is 0 Å². The number of H-pyrrole nitrogens is 1.